The minimum atomic E-state index is -0.444. The van der Waals surface area contributed by atoms with Crippen LogP contribution in [0.2, 0.25) is 0 Å². The first-order chi connectivity index (χ1) is 9.78. The molecular formula is C15H25ClN2O3. The van der Waals surface area contributed by atoms with Gasteiger partial charge < -0.3 is 14.5 Å². The molecule has 0 saturated carbocycles. The van der Waals surface area contributed by atoms with Crippen molar-refractivity contribution in [2.24, 2.45) is 11.8 Å². The predicted octanol–water partition coefficient (Wildman–Crippen LogP) is 2.33. The molecule has 2 amide bonds. The number of nitrogens with zero attached hydrogens (tertiary/aromatic N) is 2. The second-order valence-electron chi connectivity index (χ2n) is 7.10. The van der Waals surface area contributed by atoms with Crippen LogP contribution < -0.4 is 0 Å². The fourth-order valence-corrected chi connectivity index (χ4v) is 2.95. The largest absolute Gasteiger partial charge is 0.444 e. The summed E-state index contributed by atoms with van der Waals surface area (Å²) in [5.74, 6) is 1.54. The summed E-state index contributed by atoms with van der Waals surface area (Å²) in [4.78, 5) is 27.2. The Kier molecular flexibility index (Phi) is 5.02. The van der Waals surface area contributed by atoms with Crippen LogP contribution in [0, 0.1) is 11.8 Å². The van der Waals surface area contributed by atoms with E-state index in [1.165, 1.54) is 0 Å². The van der Waals surface area contributed by atoms with Gasteiger partial charge >= 0.3 is 6.09 Å². The first-order valence-electron chi connectivity index (χ1n) is 7.60. The van der Waals surface area contributed by atoms with Crippen LogP contribution in [-0.2, 0) is 9.53 Å². The van der Waals surface area contributed by atoms with E-state index in [1.807, 2.05) is 25.7 Å². The number of alkyl halides is 1. The van der Waals surface area contributed by atoms with E-state index < -0.39 is 5.60 Å². The molecule has 0 aliphatic carbocycles. The molecule has 2 aliphatic heterocycles. The average Bonchev–Trinajstić information content (AvgIpc) is 2.66. The molecule has 21 heavy (non-hydrogen) atoms. The highest BCUT2D eigenvalue weighted by Crippen LogP contribution is 2.24. The van der Waals surface area contributed by atoms with Gasteiger partial charge in [-0.05, 0) is 39.0 Å². The third-order valence-corrected chi connectivity index (χ3v) is 4.37. The Morgan fingerprint density at radius 3 is 2.48 bits per heavy atom. The van der Waals surface area contributed by atoms with E-state index in [-0.39, 0.29) is 12.0 Å². The molecule has 0 bridgehead atoms. The molecule has 1 atom stereocenters. The van der Waals surface area contributed by atoms with E-state index in [1.54, 1.807) is 4.90 Å². The molecule has 2 fully saturated rings. The molecule has 0 aromatic rings. The van der Waals surface area contributed by atoms with Crippen molar-refractivity contribution in [3.8, 4) is 0 Å². The van der Waals surface area contributed by atoms with E-state index in [9.17, 15) is 9.59 Å². The van der Waals surface area contributed by atoms with Crippen molar-refractivity contribution < 1.29 is 14.3 Å². The topological polar surface area (TPSA) is 49.9 Å². The molecule has 6 heteroatoms. The smallest absolute Gasteiger partial charge is 0.410 e. The van der Waals surface area contributed by atoms with E-state index in [0.29, 0.717) is 24.1 Å². The van der Waals surface area contributed by atoms with Crippen molar-refractivity contribution in [3.63, 3.8) is 0 Å². The first-order valence-corrected chi connectivity index (χ1v) is 8.13. The molecule has 2 aliphatic rings. The van der Waals surface area contributed by atoms with Gasteiger partial charge in [-0.15, -0.1) is 11.6 Å². The van der Waals surface area contributed by atoms with E-state index in [4.69, 9.17) is 16.3 Å². The van der Waals surface area contributed by atoms with Gasteiger partial charge in [0.1, 0.15) is 5.60 Å². The number of hydrogen-bond donors (Lipinski definition) is 0. The van der Waals surface area contributed by atoms with Crippen molar-refractivity contribution in [2.75, 3.05) is 32.1 Å². The molecular weight excluding hydrogens is 292 g/mol. The summed E-state index contributed by atoms with van der Waals surface area (Å²) in [5.41, 5.74) is -0.444. The van der Waals surface area contributed by atoms with E-state index in [2.05, 4.69) is 0 Å². The van der Waals surface area contributed by atoms with Crippen LogP contribution in [0.15, 0.2) is 0 Å². The molecule has 0 radical (unpaired) electrons. The Bertz CT molecular complexity index is 402. The van der Waals surface area contributed by atoms with Crippen LogP contribution in [0.1, 0.15) is 33.6 Å². The lowest BCUT2D eigenvalue weighted by Crippen LogP contribution is -2.52. The molecule has 0 aromatic heterocycles. The molecule has 1 unspecified atom stereocenters. The lowest BCUT2D eigenvalue weighted by molar-refractivity contribution is -0.128. The summed E-state index contributed by atoms with van der Waals surface area (Å²) >= 11 is 5.81. The van der Waals surface area contributed by atoms with Crippen LogP contribution in [0.25, 0.3) is 0 Å². The minimum Gasteiger partial charge on any atom is -0.444 e. The zero-order chi connectivity index (χ0) is 15.6. The van der Waals surface area contributed by atoms with E-state index in [0.717, 1.165) is 32.6 Å². The van der Waals surface area contributed by atoms with Gasteiger partial charge in [0.15, 0.2) is 0 Å². The lowest BCUT2D eigenvalue weighted by atomic mass is 9.97. The number of rotatable bonds is 4. The fourth-order valence-electron chi connectivity index (χ4n) is 2.74. The highest BCUT2D eigenvalue weighted by Gasteiger charge is 2.35. The van der Waals surface area contributed by atoms with Gasteiger partial charge in [-0.3, -0.25) is 4.79 Å². The Morgan fingerprint density at radius 1 is 1.29 bits per heavy atom. The van der Waals surface area contributed by atoms with Crippen LogP contribution in [0.5, 0.6) is 0 Å². The maximum atomic E-state index is 11.8. The number of likely N-dealkylation sites (tertiary alicyclic amines) is 2. The lowest BCUT2D eigenvalue weighted by Gasteiger charge is -2.40. The van der Waals surface area contributed by atoms with Gasteiger partial charge in [-0.2, -0.15) is 0 Å². The van der Waals surface area contributed by atoms with Crippen LogP contribution in [-0.4, -0.2) is 59.5 Å². The van der Waals surface area contributed by atoms with Gasteiger partial charge in [-0.25, -0.2) is 4.79 Å². The number of amides is 2. The molecule has 120 valence electrons. The summed E-state index contributed by atoms with van der Waals surface area (Å²) in [6.45, 7) is 8.63. The number of carbonyl (C=O) groups is 2. The predicted molar refractivity (Wildman–Crippen MR) is 81.3 cm³/mol. The minimum absolute atomic E-state index is 0.212. The number of hydrogen-bond acceptors (Lipinski definition) is 3. The van der Waals surface area contributed by atoms with Gasteiger partial charge in [0.25, 0.3) is 0 Å². The van der Waals surface area contributed by atoms with Gasteiger partial charge in [0.2, 0.25) is 5.91 Å². The van der Waals surface area contributed by atoms with Crippen molar-refractivity contribution in [1.29, 1.82) is 0 Å². The van der Waals surface area contributed by atoms with Gasteiger partial charge in [-0.1, -0.05) is 0 Å². The average molecular weight is 317 g/mol. The number of carbonyl (C=O) groups excluding carboxylic acids is 2. The van der Waals surface area contributed by atoms with Crippen molar-refractivity contribution in [1.82, 2.24) is 9.80 Å². The fraction of sp³-hybridized carbons (Fsp3) is 0.867. The summed E-state index contributed by atoms with van der Waals surface area (Å²) in [6, 6.07) is 0. The summed E-state index contributed by atoms with van der Waals surface area (Å²) in [6.07, 6.45) is 1.29. The van der Waals surface area contributed by atoms with Crippen LogP contribution in [0.3, 0.4) is 0 Å². The van der Waals surface area contributed by atoms with Crippen LogP contribution in [0.4, 0.5) is 4.79 Å². The third kappa shape index (κ3) is 4.50. The molecule has 2 rings (SSSR count). The number of halogens is 1. The standard InChI is InChI=1S/C15H25ClN2O3/c1-15(2,3)21-14(20)18-8-11(9-18)4-5-17-10-12(7-16)6-13(17)19/h11-12H,4-10H2,1-3H3. The van der Waals surface area contributed by atoms with Gasteiger partial charge in [0, 0.05) is 38.5 Å². The first kappa shape index (κ1) is 16.4. The van der Waals surface area contributed by atoms with Crippen LogP contribution >= 0.6 is 11.6 Å². The SMILES string of the molecule is CC(C)(C)OC(=O)N1CC(CCN2CC(CCl)CC2=O)C1. The Balaban J connectivity index is 1.65. The summed E-state index contributed by atoms with van der Waals surface area (Å²) < 4.78 is 5.32. The monoisotopic (exact) mass is 316 g/mol. The Morgan fingerprint density at radius 2 is 1.95 bits per heavy atom. The normalized spacial score (nSPS) is 23.4. The molecule has 0 aromatic carbocycles. The van der Waals surface area contributed by atoms with Crippen molar-refractivity contribution in [3.05, 3.63) is 0 Å². The molecule has 5 nitrogen and oxygen atoms in total. The molecule has 0 spiro atoms. The van der Waals surface area contributed by atoms with E-state index >= 15 is 0 Å². The maximum absolute atomic E-state index is 11.8. The third-order valence-electron chi connectivity index (χ3n) is 3.93. The zero-order valence-electron chi connectivity index (χ0n) is 13.1. The number of ether oxygens (including phenoxy) is 1. The summed E-state index contributed by atoms with van der Waals surface area (Å²) in [7, 11) is 0. The Hall–Kier alpha value is -0.970. The van der Waals surface area contributed by atoms with Gasteiger partial charge in [0.05, 0.1) is 0 Å². The Labute approximate surface area is 131 Å². The highest BCUT2D eigenvalue weighted by molar-refractivity contribution is 6.18. The molecule has 2 heterocycles. The zero-order valence-corrected chi connectivity index (χ0v) is 13.9. The second-order valence-corrected chi connectivity index (χ2v) is 7.41. The molecule has 2 saturated heterocycles. The van der Waals surface area contributed by atoms with Crippen molar-refractivity contribution >= 4 is 23.6 Å². The second kappa shape index (κ2) is 6.42. The maximum Gasteiger partial charge on any atom is 0.410 e. The van der Waals surface area contributed by atoms with Crippen molar-refractivity contribution in [2.45, 2.75) is 39.2 Å². The molecule has 0 N–H and O–H groups in total. The quantitative estimate of drug-likeness (QED) is 0.748. The highest BCUT2D eigenvalue weighted by atomic mass is 35.5. The summed E-state index contributed by atoms with van der Waals surface area (Å²) in [5, 5.41) is 0.